The van der Waals surface area contributed by atoms with Crippen LogP contribution in [0, 0.1) is 0 Å². The van der Waals surface area contributed by atoms with E-state index in [1.807, 2.05) is 40.9 Å². The number of thioether (sulfide) groups is 1. The van der Waals surface area contributed by atoms with Crippen molar-refractivity contribution in [1.82, 2.24) is 9.55 Å². The summed E-state index contributed by atoms with van der Waals surface area (Å²) in [6, 6.07) is 5.92. The number of anilines is 1. The van der Waals surface area contributed by atoms with Gasteiger partial charge in [-0.05, 0) is 36.6 Å². The highest BCUT2D eigenvalue weighted by Gasteiger charge is 2.23. The first-order valence-electron chi connectivity index (χ1n) is 7.26. The minimum atomic E-state index is 0.124. The molecule has 0 aliphatic carbocycles. The zero-order valence-corrected chi connectivity index (χ0v) is 13.6. The van der Waals surface area contributed by atoms with E-state index < -0.39 is 0 Å². The average Bonchev–Trinajstić information content (AvgIpc) is 2.96. The van der Waals surface area contributed by atoms with Gasteiger partial charge in [-0.25, -0.2) is 4.98 Å². The summed E-state index contributed by atoms with van der Waals surface area (Å²) in [5.74, 6) is 1.37. The molecule has 0 fully saturated rings. The number of hydrogen-bond donors (Lipinski definition) is 0. The molecule has 0 unspecified atom stereocenters. The van der Waals surface area contributed by atoms with Crippen molar-refractivity contribution in [3.05, 3.63) is 36.2 Å². The Bertz CT molecular complexity index is 684. The molecule has 5 nitrogen and oxygen atoms in total. The van der Waals surface area contributed by atoms with E-state index >= 15 is 0 Å². The van der Waals surface area contributed by atoms with Crippen molar-refractivity contribution in [3.8, 4) is 5.75 Å². The lowest BCUT2D eigenvalue weighted by Gasteiger charge is -2.29. The average molecular weight is 317 g/mol. The van der Waals surface area contributed by atoms with E-state index in [9.17, 15) is 4.79 Å². The molecule has 1 amide bonds. The van der Waals surface area contributed by atoms with E-state index in [-0.39, 0.29) is 5.91 Å². The molecule has 0 spiro atoms. The second kappa shape index (κ2) is 6.44. The summed E-state index contributed by atoms with van der Waals surface area (Å²) in [4.78, 5) is 18.7. The lowest BCUT2D eigenvalue weighted by molar-refractivity contribution is -0.116. The monoisotopic (exact) mass is 317 g/mol. The Morgan fingerprint density at radius 2 is 2.32 bits per heavy atom. The summed E-state index contributed by atoms with van der Waals surface area (Å²) in [5.41, 5.74) is 2.19. The molecule has 22 heavy (non-hydrogen) atoms. The Kier molecular flexibility index (Phi) is 4.38. The molecule has 0 saturated heterocycles. The number of aromatic nitrogens is 2. The van der Waals surface area contributed by atoms with Crippen LogP contribution in [0.15, 0.2) is 35.7 Å². The zero-order valence-electron chi connectivity index (χ0n) is 12.8. The quantitative estimate of drug-likeness (QED) is 0.813. The van der Waals surface area contributed by atoms with Gasteiger partial charge in [0.2, 0.25) is 5.91 Å². The summed E-state index contributed by atoms with van der Waals surface area (Å²) >= 11 is 1.47. The van der Waals surface area contributed by atoms with Gasteiger partial charge in [0.15, 0.2) is 5.16 Å². The van der Waals surface area contributed by atoms with E-state index in [4.69, 9.17) is 4.74 Å². The van der Waals surface area contributed by atoms with Crippen molar-refractivity contribution in [2.45, 2.75) is 18.0 Å². The lowest BCUT2D eigenvalue weighted by atomic mass is 10.0. The number of carbonyl (C=O) groups is 1. The molecule has 1 aliphatic heterocycles. The van der Waals surface area contributed by atoms with Crippen LogP contribution in [0.5, 0.6) is 5.75 Å². The van der Waals surface area contributed by atoms with Crippen LogP contribution in [0.2, 0.25) is 0 Å². The van der Waals surface area contributed by atoms with Gasteiger partial charge in [0.1, 0.15) is 5.75 Å². The largest absolute Gasteiger partial charge is 0.497 e. The molecular weight excluding hydrogens is 298 g/mol. The minimum absolute atomic E-state index is 0.124. The van der Waals surface area contributed by atoms with Crippen LogP contribution in [0.4, 0.5) is 5.69 Å². The molecule has 1 aliphatic rings. The molecule has 2 aromatic rings. The fourth-order valence-electron chi connectivity index (χ4n) is 2.65. The number of hydrogen-bond acceptors (Lipinski definition) is 4. The second-order valence-corrected chi connectivity index (χ2v) is 6.20. The molecule has 6 heteroatoms. The van der Waals surface area contributed by atoms with Crippen LogP contribution in [0.25, 0.3) is 0 Å². The number of carbonyl (C=O) groups excluding carboxylic acids is 1. The fraction of sp³-hybridized carbons (Fsp3) is 0.375. The van der Waals surface area contributed by atoms with Gasteiger partial charge in [0.05, 0.1) is 12.9 Å². The number of methoxy groups -OCH3 is 1. The molecule has 0 atom stereocenters. The third kappa shape index (κ3) is 2.97. The number of rotatable bonds is 4. The Balaban J connectivity index is 1.73. The van der Waals surface area contributed by atoms with Crippen LogP contribution < -0.4 is 9.64 Å². The van der Waals surface area contributed by atoms with Gasteiger partial charge in [-0.2, -0.15) is 0 Å². The predicted molar refractivity (Wildman–Crippen MR) is 87.6 cm³/mol. The molecule has 116 valence electrons. The molecule has 0 radical (unpaired) electrons. The molecule has 0 saturated carbocycles. The summed E-state index contributed by atoms with van der Waals surface area (Å²) in [6.45, 7) is 0.777. The molecule has 1 aromatic carbocycles. The second-order valence-electron chi connectivity index (χ2n) is 5.25. The van der Waals surface area contributed by atoms with Gasteiger partial charge in [0, 0.05) is 31.7 Å². The van der Waals surface area contributed by atoms with Crippen LogP contribution in [0.1, 0.15) is 12.0 Å². The summed E-state index contributed by atoms with van der Waals surface area (Å²) in [7, 11) is 3.60. The van der Waals surface area contributed by atoms with Crippen molar-refractivity contribution in [3.63, 3.8) is 0 Å². The van der Waals surface area contributed by atoms with Gasteiger partial charge in [-0.15, -0.1) is 0 Å². The summed E-state index contributed by atoms with van der Waals surface area (Å²) < 4.78 is 7.19. The third-order valence-corrected chi connectivity index (χ3v) is 4.85. The van der Waals surface area contributed by atoms with Gasteiger partial charge >= 0.3 is 0 Å². The molecule has 1 aromatic heterocycles. The number of imidazole rings is 1. The number of benzene rings is 1. The number of amides is 1. The van der Waals surface area contributed by atoms with E-state index in [0.29, 0.717) is 5.75 Å². The van der Waals surface area contributed by atoms with Crippen LogP contribution in [-0.4, -0.2) is 34.9 Å². The summed E-state index contributed by atoms with van der Waals surface area (Å²) in [6.07, 6.45) is 5.60. The lowest BCUT2D eigenvalue weighted by Crippen LogP contribution is -2.36. The molecule has 3 rings (SSSR count). The van der Waals surface area contributed by atoms with Crippen molar-refractivity contribution in [2.24, 2.45) is 7.05 Å². The Labute approximate surface area is 134 Å². The Morgan fingerprint density at radius 3 is 3.05 bits per heavy atom. The van der Waals surface area contributed by atoms with Crippen molar-refractivity contribution in [1.29, 1.82) is 0 Å². The molecular formula is C16H19N3O2S. The number of aryl methyl sites for hydroxylation is 2. The van der Waals surface area contributed by atoms with Crippen molar-refractivity contribution >= 4 is 23.4 Å². The highest BCUT2D eigenvalue weighted by Crippen LogP contribution is 2.31. The van der Waals surface area contributed by atoms with Gasteiger partial charge in [-0.3, -0.25) is 4.79 Å². The molecule has 0 N–H and O–H groups in total. The Morgan fingerprint density at radius 1 is 1.45 bits per heavy atom. The molecule has 0 bridgehead atoms. The van der Waals surface area contributed by atoms with Crippen LogP contribution in [0.3, 0.4) is 0 Å². The van der Waals surface area contributed by atoms with Crippen LogP contribution >= 0.6 is 11.8 Å². The SMILES string of the molecule is COc1ccc2c(c1)CCCN2C(=O)CSc1nccn1C. The predicted octanol–water partition coefficient (Wildman–Crippen LogP) is 2.50. The van der Waals surface area contributed by atoms with E-state index in [1.54, 1.807) is 13.3 Å². The number of fused-ring (bicyclic) bond motifs is 1. The minimum Gasteiger partial charge on any atom is -0.497 e. The highest BCUT2D eigenvalue weighted by molar-refractivity contribution is 7.99. The maximum atomic E-state index is 12.6. The number of nitrogens with zero attached hydrogens (tertiary/aromatic N) is 3. The van der Waals surface area contributed by atoms with Crippen molar-refractivity contribution < 1.29 is 9.53 Å². The summed E-state index contributed by atoms with van der Waals surface area (Å²) in [5, 5.41) is 0.861. The van der Waals surface area contributed by atoms with Gasteiger partial charge < -0.3 is 14.2 Å². The first-order valence-corrected chi connectivity index (χ1v) is 8.25. The fourth-order valence-corrected chi connectivity index (χ4v) is 3.46. The van der Waals surface area contributed by atoms with Crippen molar-refractivity contribution in [2.75, 3.05) is 24.3 Å². The Hall–Kier alpha value is -1.95. The van der Waals surface area contributed by atoms with E-state index in [2.05, 4.69) is 4.98 Å². The van der Waals surface area contributed by atoms with Crippen LogP contribution in [-0.2, 0) is 18.3 Å². The standard InChI is InChI=1S/C16H19N3O2S/c1-18-9-7-17-16(18)22-11-15(20)19-8-3-4-12-10-13(21-2)5-6-14(12)19/h5-7,9-10H,3-4,8,11H2,1-2H3. The van der Waals surface area contributed by atoms with E-state index in [1.165, 1.54) is 17.3 Å². The normalized spacial score (nSPS) is 13.8. The topological polar surface area (TPSA) is 47.4 Å². The molecule has 2 heterocycles. The van der Waals surface area contributed by atoms with Gasteiger partial charge in [-0.1, -0.05) is 11.8 Å². The zero-order chi connectivity index (χ0) is 15.5. The van der Waals surface area contributed by atoms with E-state index in [0.717, 1.165) is 36.0 Å². The third-order valence-electron chi connectivity index (χ3n) is 3.81. The van der Waals surface area contributed by atoms with Gasteiger partial charge in [0.25, 0.3) is 0 Å². The highest BCUT2D eigenvalue weighted by atomic mass is 32.2. The number of ether oxygens (including phenoxy) is 1. The smallest absolute Gasteiger partial charge is 0.237 e. The first kappa shape index (κ1) is 15.0. The maximum Gasteiger partial charge on any atom is 0.237 e. The maximum absolute atomic E-state index is 12.6. The first-order chi connectivity index (χ1) is 10.7.